The van der Waals surface area contributed by atoms with Gasteiger partial charge in [0.05, 0.1) is 17.3 Å². The van der Waals surface area contributed by atoms with Crippen LogP contribution in [0.5, 0.6) is 17.2 Å². The first-order chi connectivity index (χ1) is 14.9. The van der Waals surface area contributed by atoms with E-state index in [1.165, 1.54) is 0 Å². The van der Waals surface area contributed by atoms with Crippen LogP contribution in [0.25, 0.3) is 22.0 Å². The number of ether oxygens (including phenoxy) is 2. The topological polar surface area (TPSA) is 65.5 Å². The van der Waals surface area contributed by atoms with Crippen LogP contribution >= 0.6 is 0 Å². The van der Waals surface area contributed by atoms with Crippen LogP contribution in [-0.2, 0) is 9.84 Å². The van der Waals surface area contributed by atoms with E-state index >= 15 is 0 Å². The second-order valence-electron chi connectivity index (χ2n) is 7.41. The molecule has 0 unspecified atom stereocenters. The number of methoxy groups -OCH3 is 1. The quantitative estimate of drug-likeness (QED) is 0.380. The van der Waals surface area contributed by atoms with E-state index in [1.54, 1.807) is 51.4 Å². The molecular formula is C25H23NO4S. The summed E-state index contributed by atoms with van der Waals surface area (Å²) in [7, 11) is -1.74. The smallest absolute Gasteiger partial charge is 0.180 e. The molecule has 0 saturated carbocycles. The van der Waals surface area contributed by atoms with Crippen LogP contribution in [0.1, 0.15) is 13.8 Å². The molecule has 31 heavy (non-hydrogen) atoms. The fourth-order valence-electron chi connectivity index (χ4n) is 3.42. The average molecular weight is 434 g/mol. The van der Waals surface area contributed by atoms with Gasteiger partial charge in [-0.2, -0.15) is 0 Å². The van der Waals surface area contributed by atoms with Crippen LogP contribution in [0.3, 0.4) is 0 Å². The van der Waals surface area contributed by atoms with Gasteiger partial charge < -0.3 is 9.47 Å². The van der Waals surface area contributed by atoms with Crippen molar-refractivity contribution in [3.63, 3.8) is 0 Å². The van der Waals surface area contributed by atoms with E-state index in [1.807, 2.05) is 48.5 Å². The Morgan fingerprint density at radius 3 is 2.32 bits per heavy atom. The van der Waals surface area contributed by atoms with Gasteiger partial charge in [0.2, 0.25) is 0 Å². The van der Waals surface area contributed by atoms with Gasteiger partial charge in [-0.1, -0.05) is 30.3 Å². The molecule has 0 bridgehead atoms. The zero-order valence-corrected chi connectivity index (χ0v) is 18.4. The maximum absolute atomic E-state index is 12.5. The van der Waals surface area contributed by atoms with Gasteiger partial charge in [-0.05, 0) is 67.4 Å². The summed E-state index contributed by atoms with van der Waals surface area (Å²) in [6.07, 6.45) is 1.76. The minimum atomic E-state index is -3.37. The standard InChI is InChI=1S/C25H23NO4S/c1-17(2)31(27,28)21-10-5-9-20(16-21)30-19-8-4-7-18(15-19)22-13-14-26-25-23(22)11-6-12-24(25)29-3/h4-17H,1-3H3. The molecule has 0 saturated heterocycles. The number of aromatic nitrogens is 1. The summed E-state index contributed by atoms with van der Waals surface area (Å²) in [6, 6.07) is 22.1. The molecule has 3 aromatic carbocycles. The third-order valence-corrected chi connectivity index (χ3v) is 7.24. The van der Waals surface area contributed by atoms with Crippen molar-refractivity contribution in [2.75, 3.05) is 7.11 Å². The summed E-state index contributed by atoms with van der Waals surface area (Å²) in [5.74, 6) is 1.81. The first kappa shape index (κ1) is 20.9. The number of hydrogen-bond acceptors (Lipinski definition) is 5. The van der Waals surface area contributed by atoms with Crippen LogP contribution in [0.4, 0.5) is 0 Å². The van der Waals surface area contributed by atoms with Crippen molar-refractivity contribution in [3.8, 4) is 28.4 Å². The first-order valence-corrected chi connectivity index (χ1v) is 11.5. The number of pyridine rings is 1. The third-order valence-electron chi connectivity index (χ3n) is 5.09. The predicted octanol–water partition coefficient (Wildman–Crippen LogP) is 5.88. The van der Waals surface area contributed by atoms with Crippen molar-refractivity contribution in [1.82, 2.24) is 4.98 Å². The normalized spacial score (nSPS) is 11.6. The maximum atomic E-state index is 12.5. The molecule has 6 heteroatoms. The molecule has 1 aromatic heterocycles. The number of para-hydroxylation sites is 1. The SMILES string of the molecule is COc1cccc2c(-c3cccc(Oc4cccc(S(=O)(=O)C(C)C)c4)c3)ccnc12. The summed E-state index contributed by atoms with van der Waals surface area (Å²) >= 11 is 0. The Morgan fingerprint density at radius 2 is 1.58 bits per heavy atom. The van der Waals surface area contributed by atoms with Crippen LogP contribution in [0.2, 0.25) is 0 Å². The number of benzene rings is 3. The Hall–Kier alpha value is -3.38. The maximum Gasteiger partial charge on any atom is 0.180 e. The summed E-state index contributed by atoms with van der Waals surface area (Å²) in [5.41, 5.74) is 2.76. The summed E-state index contributed by atoms with van der Waals surface area (Å²) in [5, 5.41) is 0.479. The van der Waals surface area contributed by atoms with Crippen LogP contribution < -0.4 is 9.47 Å². The van der Waals surface area contributed by atoms with E-state index in [0.717, 1.165) is 27.8 Å². The van der Waals surface area contributed by atoms with Crippen molar-refractivity contribution in [2.45, 2.75) is 24.0 Å². The molecule has 1 heterocycles. The highest BCUT2D eigenvalue weighted by Crippen LogP contribution is 2.34. The number of hydrogen-bond donors (Lipinski definition) is 0. The van der Waals surface area contributed by atoms with Crippen molar-refractivity contribution in [3.05, 3.63) is 79.0 Å². The van der Waals surface area contributed by atoms with E-state index in [4.69, 9.17) is 9.47 Å². The molecule has 0 N–H and O–H groups in total. The predicted molar refractivity (Wildman–Crippen MR) is 123 cm³/mol. The highest BCUT2D eigenvalue weighted by atomic mass is 32.2. The minimum Gasteiger partial charge on any atom is -0.494 e. The molecule has 0 aliphatic heterocycles. The number of fused-ring (bicyclic) bond motifs is 1. The van der Waals surface area contributed by atoms with Gasteiger partial charge in [0.1, 0.15) is 22.8 Å². The molecule has 0 fully saturated rings. The van der Waals surface area contributed by atoms with Crippen LogP contribution in [-0.4, -0.2) is 25.8 Å². The zero-order chi connectivity index (χ0) is 22.0. The summed E-state index contributed by atoms with van der Waals surface area (Å²) < 4.78 is 36.4. The Balaban J connectivity index is 1.71. The van der Waals surface area contributed by atoms with Gasteiger partial charge in [0, 0.05) is 11.6 Å². The van der Waals surface area contributed by atoms with Crippen molar-refractivity contribution >= 4 is 20.7 Å². The van der Waals surface area contributed by atoms with E-state index in [0.29, 0.717) is 11.5 Å². The Bertz CT molecular complexity index is 1350. The van der Waals surface area contributed by atoms with Crippen molar-refractivity contribution in [2.24, 2.45) is 0 Å². The highest BCUT2D eigenvalue weighted by molar-refractivity contribution is 7.92. The first-order valence-electron chi connectivity index (χ1n) is 9.94. The Kier molecular flexibility index (Phi) is 5.65. The monoisotopic (exact) mass is 433 g/mol. The van der Waals surface area contributed by atoms with Crippen LogP contribution in [0, 0.1) is 0 Å². The van der Waals surface area contributed by atoms with Gasteiger partial charge >= 0.3 is 0 Å². The van der Waals surface area contributed by atoms with E-state index in [-0.39, 0.29) is 4.90 Å². The molecule has 0 spiro atoms. The highest BCUT2D eigenvalue weighted by Gasteiger charge is 2.19. The molecule has 0 amide bonds. The minimum absolute atomic E-state index is 0.253. The lowest BCUT2D eigenvalue weighted by Crippen LogP contribution is -2.13. The van der Waals surface area contributed by atoms with E-state index in [9.17, 15) is 8.42 Å². The van der Waals surface area contributed by atoms with Gasteiger partial charge in [0.25, 0.3) is 0 Å². The third kappa shape index (κ3) is 4.11. The molecule has 4 rings (SSSR count). The molecule has 0 aliphatic rings. The van der Waals surface area contributed by atoms with Gasteiger partial charge in [-0.25, -0.2) is 8.42 Å². The van der Waals surface area contributed by atoms with E-state index < -0.39 is 15.1 Å². The summed E-state index contributed by atoms with van der Waals surface area (Å²) in [4.78, 5) is 4.72. The Morgan fingerprint density at radius 1 is 0.871 bits per heavy atom. The Labute approximate surface area is 182 Å². The van der Waals surface area contributed by atoms with Crippen molar-refractivity contribution < 1.29 is 17.9 Å². The fourth-order valence-corrected chi connectivity index (χ4v) is 4.51. The molecule has 158 valence electrons. The molecule has 5 nitrogen and oxygen atoms in total. The number of nitrogens with zero attached hydrogens (tertiary/aromatic N) is 1. The second kappa shape index (κ2) is 8.40. The zero-order valence-electron chi connectivity index (χ0n) is 17.6. The van der Waals surface area contributed by atoms with Gasteiger partial charge in [0.15, 0.2) is 9.84 Å². The molecular weight excluding hydrogens is 410 g/mol. The van der Waals surface area contributed by atoms with Crippen LogP contribution in [0.15, 0.2) is 83.9 Å². The number of rotatable bonds is 6. The molecule has 4 aromatic rings. The fraction of sp³-hybridized carbons (Fsp3) is 0.160. The van der Waals surface area contributed by atoms with Gasteiger partial charge in [-0.3, -0.25) is 4.98 Å². The van der Waals surface area contributed by atoms with Crippen molar-refractivity contribution in [1.29, 1.82) is 0 Å². The lowest BCUT2D eigenvalue weighted by atomic mass is 10.0. The lowest BCUT2D eigenvalue weighted by Gasteiger charge is -2.12. The average Bonchev–Trinajstić information content (AvgIpc) is 2.78. The second-order valence-corrected chi connectivity index (χ2v) is 9.92. The molecule has 0 aliphatic carbocycles. The van der Waals surface area contributed by atoms with Gasteiger partial charge in [-0.15, -0.1) is 0 Å². The number of sulfone groups is 1. The van der Waals surface area contributed by atoms with E-state index in [2.05, 4.69) is 4.98 Å². The lowest BCUT2D eigenvalue weighted by molar-refractivity contribution is 0.419. The molecule has 0 radical (unpaired) electrons. The summed E-state index contributed by atoms with van der Waals surface area (Å²) in [6.45, 7) is 3.33. The largest absolute Gasteiger partial charge is 0.494 e. The molecule has 0 atom stereocenters.